The molecule has 0 amide bonds. The molecule has 1 aromatic rings. The lowest BCUT2D eigenvalue weighted by atomic mass is 9.73. The maximum atomic E-state index is 14.6. The van der Waals surface area contributed by atoms with Crippen molar-refractivity contribution in [3.63, 3.8) is 0 Å². The van der Waals surface area contributed by atoms with Crippen molar-refractivity contribution in [1.29, 1.82) is 0 Å². The summed E-state index contributed by atoms with van der Waals surface area (Å²) in [5.41, 5.74) is 2.99. The minimum absolute atomic E-state index is 0.0286. The Morgan fingerprint density at radius 1 is 0.929 bits per heavy atom. The SMILES string of the molecule is CCCCOc1ccc(C2=CCC(C3CC=C(CCC)CC3)CC2)c(F)c1F. The van der Waals surface area contributed by atoms with E-state index in [0.29, 0.717) is 18.1 Å². The Labute approximate surface area is 168 Å². The fourth-order valence-corrected chi connectivity index (χ4v) is 4.63. The highest BCUT2D eigenvalue weighted by molar-refractivity contribution is 5.67. The van der Waals surface area contributed by atoms with Crippen molar-refractivity contribution >= 4 is 5.57 Å². The van der Waals surface area contributed by atoms with Gasteiger partial charge in [0, 0.05) is 5.56 Å². The highest BCUT2D eigenvalue weighted by Crippen LogP contribution is 2.41. The molecule has 0 N–H and O–H groups in total. The van der Waals surface area contributed by atoms with Crippen molar-refractivity contribution in [2.75, 3.05) is 6.61 Å². The Morgan fingerprint density at radius 2 is 1.68 bits per heavy atom. The van der Waals surface area contributed by atoms with Gasteiger partial charge in [0.05, 0.1) is 6.61 Å². The molecular formula is C25H34F2O. The van der Waals surface area contributed by atoms with E-state index in [0.717, 1.165) is 43.6 Å². The van der Waals surface area contributed by atoms with Crippen molar-refractivity contribution in [2.45, 2.75) is 78.1 Å². The van der Waals surface area contributed by atoms with E-state index in [1.807, 2.05) is 6.92 Å². The molecule has 1 nitrogen and oxygen atoms in total. The summed E-state index contributed by atoms with van der Waals surface area (Å²) in [6.45, 7) is 4.71. The lowest BCUT2D eigenvalue weighted by Gasteiger charge is -2.32. The fraction of sp³-hybridized carbons (Fsp3) is 0.600. The highest BCUT2D eigenvalue weighted by atomic mass is 19.2. The molecular weight excluding hydrogens is 354 g/mol. The Bertz CT molecular complexity index is 720. The van der Waals surface area contributed by atoms with Crippen molar-refractivity contribution in [3.8, 4) is 5.75 Å². The highest BCUT2D eigenvalue weighted by Gasteiger charge is 2.27. The van der Waals surface area contributed by atoms with Gasteiger partial charge in [-0.1, -0.05) is 44.4 Å². The molecule has 2 unspecified atom stereocenters. The first-order chi connectivity index (χ1) is 13.6. The number of allylic oxidation sites excluding steroid dienone is 4. The van der Waals surface area contributed by atoms with E-state index in [4.69, 9.17) is 4.74 Å². The van der Waals surface area contributed by atoms with Crippen LogP contribution in [0.25, 0.3) is 5.57 Å². The Kier molecular flexibility index (Phi) is 7.70. The molecule has 0 saturated heterocycles. The number of unbranched alkanes of at least 4 members (excludes halogenated alkanes) is 1. The number of benzene rings is 1. The van der Waals surface area contributed by atoms with E-state index in [1.54, 1.807) is 17.7 Å². The van der Waals surface area contributed by atoms with Gasteiger partial charge in [-0.25, -0.2) is 4.39 Å². The van der Waals surface area contributed by atoms with Crippen LogP contribution in [0.3, 0.4) is 0 Å². The van der Waals surface area contributed by atoms with Gasteiger partial charge < -0.3 is 4.74 Å². The molecule has 28 heavy (non-hydrogen) atoms. The van der Waals surface area contributed by atoms with Gasteiger partial charge in [-0.15, -0.1) is 0 Å². The maximum absolute atomic E-state index is 14.6. The average molecular weight is 389 g/mol. The third-order valence-electron chi connectivity index (χ3n) is 6.38. The molecule has 3 heteroatoms. The molecule has 2 aliphatic carbocycles. The summed E-state index contributed by atoms with van der Waals surface area (Å²) in [4.78, 5) is 0. The summed E-state index contributed by atoms with van der Waals surface area (Å²) in [5, 5.41) is 0. The molecule has 2 atom stereocenters. The summed E-state index contributed by atoms with van der Waals surface area (Å²) >= 11 is 0. The minimum atomic E-state index is -0.850. The topological polar surface area (TPSA) is 9.23 Å². The monoisotopic (exact) mass is 388 g/mol. The van der Waals surface area contributed by atoms with E-state index in [9.17, 15) is 8.78 Å². The first-order valence-electron chi connectivity index (χ1n) is 11.1. The van der Waals surface area contributed by atoms with Crippen molar-refractivity contribution in [1.82, 2.24) is 0 Å². The molecule has 0 aliphatic heterocycles. The average Bonchev–Trinajstić information content (AvgIpc) is 2.72. The summed E-state index contributed by atoms with van der Waals surface area (Å²) in [6, 6.07) is 3.27. The van der Waals surface area contributed by atoms with Crippen molar-refractivity contribution in [3.05, 3.63) is 47.1 Å². The van der Waals surface area contributed by atoms with Gasteiger partial charge in [-0.3, -0.25) is 0 Å². The third-order valence-corrected chi connectivity index (χ3v) is 6.38. The molecule has 3 rings (SSSR count). The normalized spacial score (nSPS) is 22.6. The van der Waals surface area contributed by atoms with Gasteiger partial charge in [0.15, 0.2) is 11.6 Å². The number of halogens is 2. The van der Waals surface area contributed by atoms with Crippen molar-refractivity contribution < 1.29 is 13.5 Å². The van der Waals surface area contributed by atoms with Crippen LogP contribution in [0.15, 0.2) is 29.9 Å². The summed E-state index contributed by atoms with van der Waals surface area (Å²) < 4.78 is 34.4. The zero-order valence-corrected chi connectivity index (χ0v) is 17.4. The number of rotatable bonds is 8. The molecule has 154 valence electrons. The Morgan fingerprint density at radius 3 is 2.29 bits per heavy atom. The molecule has 0 spiro atoms. The second-order valence-electron chi connectivity index (χ2n) is 8.35. The first-order valence-corrected chi connectivity index (χ1v) is 11.1. The number of ether oxygens (including phenoxy) is 1. The smallest absolute Gasteiger partial charge is 0.201 e. The Balaban J connectivity index is 1.62. The van der Waals surface area contributed by atoms with Gasteiger partial charge in [0.1, 0.15) is 0 Å². The third kappa shape index (κ3) is 5.04. The van der Waals surface area contributed by atoms with Crippen LogP contribution in [0.2, 0.25) is 0 Å². The largest absolute Gasteiger partial charge is 0.490 e. The maximum Gasteiger partial charge on any atom is 0.201 e. The molecule has 2 aliphatic rings. The lowest BCUT2D eigenvalue weighted by Crippen LogP contribution is -2.19. The fourth-order valence-electron chi connectivity index (χ4n) is 4.63. The molecule has 0 heterocycles. The summed E-state index contributed by atoms with van der Waals surface area (Å²) in [7, 11) is 0. The van der Waals surface area contributed by atoms with E-state index in [2.05, 4.69) is 19.1 Å². The van der Waals surface area contributed by atoms with Crippen LogP contribution >= 0.6 is 0 Å². The lowest BCUT2D eigenvalue weighted by molar-refractivity contribution is 0.284. The second-order valence-corrected chi connectivity index (χ2v) is 8.35. The van der Waals surface area contributed by atoms with E-state index < -0.39 is 11.6 Å². The molecule has 0 radical (unpaired) electrons. The van der Waals surface area contributed by atoms with E-state index in [-0.39, 0.29) is 5.75 Å². The summed E-state index contributed by atoms with van der Waals surface area (Å²) in [6.07, 6.45) is 15.5. The van der Waals surface area contributed by atoms with Crippen LogP contribution in [0.4, 0.5) is 8.78 Å². The predicted octanol–water partition coefficient (Wildman–Crippen LogP) is 7.85. The van der Waals surface area contributed by atoms with Crippen LogP contribution in [0, 0.1) is 23.5 Å². The zero-order chi connectivity index (χ0) is 19.9. The van der Waals surface area contributed by atoms with Gasteiger partial charge in [0.2, 0.25) is 5.82 Å². The molecule has 0 saturated carbocycles. The van der Waals surface area contributed by atoms with Crippen LogP contribution in [0.5, 0.6) is 5.75 Å². The van der Waals surface area contributed by atoms with Gasteiger partial charge in [-0.2, -0.15) is 4.39 Å². The van der Waals surface area contributed by atoms with Crippen LogP contribution in [-0.4, -0.2) is 6.61 Å². The first kappa shape index (κ1) is 21.1. The van der Waals surface area contributed by atoms with Gasteiger partial charge in [-0.05, 0) is 80.9 Å². The second kappa shape index (κ2) is 10.2. The molecule has 0 fully saturated rings. The van der Waals surface area contributed by atoms with E-state index in [1.165, 1.54) is 32.1 Å². The number of hydrogen-bond acceptors (Lipinski definition) is 1. The van der Waals surface area contributed by atoms with Crippen LogP contribution in [-0.2, 0) is 0 Å². The Hall–Kier alpha value is -1.64. The number of hydrogen-bond donors (Lipinski definition) is 0. The van der Waals surface area contributed by atoms with Gasteiger partial charge in [0.25, 0.3) is 0 Å². The van der Waals surface area contributed by atoms with Gasteiger partial charge >= 0.3 is 0 Å². The van der Waals surface area contributed by atoms with E-state index >= 15 is 0 Å². The molecule has 0 bridgehead atoms. The van der Waals surface area contributed by atoms with Crippen molar-refractivity contribution in [2.24, 2.45) is 11.8 Å². The van der Waals surface area contributed by atoms with Crippen LogP contribution in [0.1, 0.15) is 83.6 Å². The molecule has 0 aromatic heterocycles. The minimum Gasteiger partial charge on any atom is -0.490 e. The zero-order valence-electron chi connectivity index (χ0n) is 17.4. The standard InChI is InChI=1S/C25H34F2O/c1-3-5-17-28-23-16-15-22(24(26)25(23)27)21-13-11-20(12-14-21)19-9-7-18(6-4-2)8-10-19/h7,13,15-16,19-20H,3-6,8-12,14,17H2,1-2H3. The predicted molar refractivity (Wildman–Crippen MR) is 112 cm³/mol. The van der Waals surface area contributed by atoms with Crippen LogP contribution < -0.4 is 4.74 Å². The summed E-state index contributed by atoms with van der Waals surface area (Å²) in [5.74, 6) is -0.163. The quantitative estimate of drug-likeness (QED) is 0.325. The molecule has 1 aromatic carbocycles.